The summed E-state index contributed by atoms with van der Waals surface area (Å²) in [6.07, 6.45) is 2.06. The molecule has 0 aliphatic heterocycles. The third kappa shape index (κ3) is 4.45. The Hall–Kier alpha value is -2.10. The summed E-state index contributed by atoms with van der Waals surface area (Å²) in [5.74, 6) is 1.57. The van der Waals surface area contributed by atoms with Crippen molar-refractivity contribution in [1.29, 1.82) is 0 Å². The van der Waals surface area contributed by atoms with Gasteiger partial charge in [-0.05, 0) is 25.3 Å². The minimum atomic E-state index is 0.263. The van der Waals surface area contributed by atoms with E-state index in [2.05, 4.69) is 58.7 Å². The van der Waals surface area contributed by atoms with E-state index in [1.165, 1.54) is 5.56 Å². The second-order valence-corrected chi connectivity index (χ2v) is 5.16. The maximum Gasteiger partial charge on any atom is 0.224 e. The van der Waals surface area contributed by atoms with Gasteiger partial charge in [-0.1, -0.05) is 44.2 Å². The minimum absolute atomic E-state index is 0.263. The van der Waals surface area contributed by atoms with Gasteiger partial charge in [0.05, 0.1) is 6.04 Å². The summed E-state index contributed by atoms with van der Waals surface area (Å²) in [6.45, 7) is 7.19. The van der Waals surface area contributed by atoms with Gasteiger partial charge in [0.1, 0.15) is 5.82 Å². The number of hydrogen-bond acceptors (Lipinski definition) is 4. The Morgan fingerprint density at radius 3 is 2.52 bits per heavy atom. The topological polar surface area (TPSA) is 49.8 Å². The molecular weight excluding hydrogens is 260 g/mol. The highest BCUT2D eigenvalue weighted by Gasteiger charge is 2.10. The largest absolute Gasteiger partial charge is 0.363 e. The zero-order valence-electron chi connectivity index (χ0n) is 13.1. The average molecular weight is 284 g/mol. The predicted molar refractivity (Wildman–Crippen MR) is 88.6 cm³/mol. The maximum atomic E-state index is 4.55. The number of nitrogens with one attached hydrogen (secondary N) is 2. The Morgan fingerprint density at radius 1 is 1.10 bits per heavy atom. The molecule has 2 aromatic rings. The van der Waals surface area contributed by atoms with Crippen molar-refractivity contribution in [1.82, 2.24) is 9.97 Å². The van der Waals surface area contributed by atoms with Crippen molar-refractivity contribution in [3.63, 3.8) is 0 Å². The smallest absolute Gasteiger partial charge is 0.224 e. The van der Waals surface area contributed by atoms with Gasteiger partial charge in [-0.3, -0.25) is 0 Å². The summed E-state index contributed by atoms with van der Waals surface area (Å²) in [4.78, 5) is 8.97. The highest BCUT2D eigenvalue weighted by molar-refractivity contribution is 5.44. The van der Waals surface area contributed by atoms with Crippen molar-refractivity contribution in [2.45, 2.75) is 39.7 Å². The molecule has 0 aliphatic carbocycles. The van der Waals surface area contributed by atoms with E-state index in [1.54, 1.807) is 0 Å². The van der Waals surface area contributed by atoms with Crippen LogP contribution in [-0.4, -0.2) is 16.5 Å². The Balaban J connectivity index is 2.15. The number of nitrogens with zero attached hydrogens (tertiary/aromatic N) is 2. The zero-order valence-corrected chi connectivity index (χ0v) is 13.1. The van der Waals surface area contributed by atoms with Crippen molar-refractivity contribution >= 4 is 11.8 Å². The number of benzene rings is 1. The third-order valence-corrected chi connectivity index (χ3v) is 3.32. The van der Waals surface area contributed by atoms with Crippen molar-refractivity contribution in [2.24, 2.45) is 0 Å². The lowest BCUT2D eigenvalue weighted by molar-refractivity contribution is 0.743. The van der Waals surface area contributed by atoms with Crippen LogP contribution in [0.4, 0.5) is 11.8 Å². The normalized spacial score (nSPS) is 12.0. The molecule has 0 amide bonds. The quantitative estimate of drug-likeness (QED) is 0.801. The van der Waals surface area contributed by atoms with Gasteiger partial charge in [0.2, 0.25) is 5.95 Å². The second kappa shape index (κ2) is 7.62. The number of aromatic nitrogens is 2. The molecule has 1 aromatic carbocycles. The average Bonchev–Trinajstić information content (AvgIpc) is 2.51. The molecule has 2 N–H and O–H groups in total. The van der Waals surface area contributed by atoms with Gasteiger partial charge in [-0.15, -0.1) is 0 Å². The van der Waals surface area contributed by atoms with Crippen LogP contribution in [0.3, 0.4) is 0 Å². The summed E-state index contributed by atoms with van der Waals surface area (Å²) in [7, 11) is 0. The molecule has 112 valence electrons. The fourth-order valence-electron chi connectivity index (χ4n) is 2.24. The summed E-state index contributed by atoms with van der Waals surface area (Å²) in [6, 6.07) is 12.7. The first-order valence-corrected chi connectivity index (χ1v) is 7.64. The van der Waals surface area contributed by atoms with E-state index in [4.69, 9.17) is 0 Å². The van der Waals surface area contributed by atoms with E-state index in [0.29, 0.717) is 5.95 Å². The van der Waals surface area contributed by atoms with E-state index in [1.807, 2.05) is 19.1 Å². The van der Waals surface area contributed by atoms with Gasteiger partial charge in [0.15, 0.2) is 0 Å². The molecule has 1 unspecified atom stereocenters. The lowest BCUT2D eigenvalue weighted by atomic mass is 10.0. The second-order valence-electron chi connectivity index (χ2n) is 5.16. The summed E-state index contributed by atoms with van der Waals surface area (Å²) in [5, 5.41) is 6.76. The lowest BCUT2D eigenvalue weighted by Gasteiger charge is -2.18. The van der Waals surface area contributed by atoms with Crippen molar-refractivity contribution < 1.29 is 0 Å². The molecule has 1 heterocycles. The third-order valence-electron chi connectivity index (χ3n) is 3.32. The molecule has 1 atom stereocenters. The van der Waals surface area contributed by atoms with Crippen molar-refractivity contribution in [3.05, 3.63) is 47.7 Å². The first-order valence-electron chi connectivity index (χ1n) is 7.64. The monoisotopic (exact) mass is 284 g/mol. The number of aryl methyl sites for hydroxylation is 1. The Kier molecular flexibility index (Phi) is 5.55. The van der Waals surface area contributed by atoms with Crippen LogP contribution in [0.25, 0.3) is 0 Å². The molecule has 1 aromatic heterocycles. The molecule has 0 bridgehead atoms. The molecule has 4 nitrogen and oxygen atoms in total. The Bertz CT molecular complexity index is 554. The van der Waals surface area contributed by atoms with Crippen LogP contribution >= 0.6 is 0 Å². The molecule has 2 rings (SSSR count). The maximum absolute atomic E-state index is 4.55. The van der Waals surface area contributed by atoms with Gasteiger partial charge >= 0.3 is 0 Å². The Morgan fingerprint density at radius 2 is 1.86 bits per heavy atom. The first kappa shape index (κ1) is 15.3. The fourth-order valence-corrected chi connectivity index (χ4v) is 2.24. The van der Waals surface area contributed by atoms with Crippen LogP contribution in [0.2, 0.25) is 0 Å². The van der Waals surface area contributed by atoms with E-state index in [9.17, 15) is 0 Å². The van der Waals surface area contributed by atoms with E-state index in [0.717, 1.165) is 30.9 Å². The standard InChI is InChI=1S/C17H24N4/c1-4-11-18-17-19-13(3)12-16(21-17)20-15(5-2)14-9-7-6-8-10-14/h6-10,12,15H,4-5,11H2,1-3H3,(H2,18,19,20,21). The highest BCUT2D eigenvalue weighted by atomic mass is 15.1. The molecule has 0 spiro atoms. The van der Waals surface area contributed by atoms with E-state index >= 15 is 0 Å². The van der Waals surface area contributed by atoms with Crippen LogP contribution in [0, 0.1) is 6.92 Å². The van der Waals surface area contributed by atoms with Gasteiger partial charge in [0, 0.05) is 18.3 Å². The first-order chi connectivity index (χ1) is 10.2. The van der Waals surface area contributed by atoms with Crippen LogP contribution in [0.1, 0.15) is 44.0 Å². The SMILES string of the molecule is CCCNc1nc(C)cc(NC(CC)c2ccccc2)n1. The van der Waals surface area contributed by atoms with Gasteiger partial charge in [0.25, 0.3) is 0 Å². The zero-order chi connectivity index (χ0) is 15.1. The molecule has 0 radical (unpaired) electrons. The number of anilines is 2. The fraction of sp³-hybridized carbons (Fsp3) is 0.412. The van der Waals surface area contributed by atoms with Gasteiger partial charge < -0.3 is 10.6 Å². The van der Waals surface area contributed by atoms with E-state index < -0.39 is 0 Å². The van der Waals surface area contributed by atoms with Crippen molar-refractivity contribution in [2.75, 3.05) is 17.2 Å². The van der Waals surface area contributed by atoms with Crippen LogP contribution in [0.5, 0.6) is 0 Å². The molecular formula is C17H24N4. The van der Waals surface area contributed by atoms with E-state index in [-0.39, 0.29) is 6.04 Å². The van der Waals surface area contributed by atoms with Crippen LogP contribution in [0.15, 0.2) is 36.4 Å². The van der Waals surface area contributed by atoms with Gasteiger partial charge in [-0.25, -0.2) is 4.98 Å². The molecule has 0 saturated carbocycles. The number of rotatable bonds is 7. The lowest BCUT2D eigenvalue weighted by Crippen LogP contribution is -2.13. The molecule has 0 fully saturated rings. The molecule has 21 heavy (non-hydrogen) atoms. The number of hydrogen-bond donors (Lipinski definition) is 2. The minimum Gasteiger partial charge on any atom is -0.363 e. The molecule has 4 heteroatoms. The predicted octanol–water partition coefficient (Wildman–Crippen LogP) is 4.17. The van der Waals surface area contributed by atoms with Gasteiger partial charge in [-0.2, -0.15) is 4.98 Å². The summed E-state index contributed by atoms with van der Waals surface area (Å²) >= 11 is 0. The summed E-state index contributed by atoms with van der Waals surface area (Å²) in [5.41, 5.74) is 2.24. The van der Waals surface area contributed by atoms with Crippen LogP contribution in [-0.2, 0) is 0 Å². The van der Waals surface area contributed by atoms with Crippen molar-refractivity contribution in [3.8, 4) is 0 Å². The van der Waals surface area contributed by atoms with Crippen LogP contribution < -0.4 is 10.6 Å². The molecule has 0 saturated heterocycles. The Labute approximate surface area is 127 Å². The molecule has 0 aliphatic rings. The highest BCUT2D eigenvalue weighted by Crippen LogP contribution is 2.22. The summed E-state index contributed by atoms with van der Waals surface area (Å²) < 4.78 is 0.